The lowest BCUT2D eigenvalue weighted by molar-refractivity contribution is -0.314. The summed E-state index contributed by atoms with van der Waals surface area (Å²) in [6.45, 7) is -0.582. The summed E-state index contributed by atoms with van der Waals surface area (Å²) < 4.78 is 21.8. The largest absolute Gasteiger partial charge is 0.465 e. The van der Waals surface area contributed by atoms with Crippen LogP contribution in [0.1, 0.15) is 26.3 Å². The second-order valence-electron chi connectivity index (χ2n) is 7.44. The van der Waals surface area contributed by atoms with Gasteiger partial charge in [-0.05, 0) is 43.4 Å². The minimum atomic E-state index is -1.72. The highest BCUT2D eigenvalue weighted by atomic mass is 16.7. The number of methoxy groups -OCH3 is 2. The van der Waals surface area contributed by atoms with Gasteiger partial charge in [-0.2, -0.15) is 0 Å². The monoisotopic (exact) mass is 461 g/mol. The van der Waals surface area contributed by atoms with Gasteiger partial charge in [-0.3, -0.25) is 0 Å². The van der Waals surface area contributed by atoms with Crippen LogP contribution in [-0.2, 0) is 20.0 Å². The van der Waals surface area contributed by atoms with Crippen LogP contribution in [0.2, 0.25) is 0 Å². The fourth-order valence-corrected chi connectivity index (χ4v) is 3.82. The molecule has 0 bridgehead atoms. The predicted octanol–water partition coefficient (Wildman–Crippen LogP) is 0.193. The molecule has 0 aromatic heterocycles. The van der Waals surface area contributed by atoms with Gasteiger partial charge in [0, 0.05) is 5.56 Å². The summed E-state index contributed by atoms with van der Waals surface area (Å²) in [5.74, 6) is -2.49. The van der Waals surface area contributed by atoms with E-state index >= 15 is 0 Å². The quantitative estimate of drug-likeness (QED) is 0.422. The minimum absolute atomic E-state index is 0.278. The molecular formula is C23H27NO9. The third kappa shape index (κ3) is 4.70. The number of esters is 2. The van der Waals surface area contributed by atoms with Gasteiger partial charge < -0.3 is 39.6 Å². The predicted molar refractivity (Wildman–Crippen MR) is 115 cm³/mol. The lowest BCUT2D eigenvalue weighted by Gasteiger charge is -2.50. The highest BCUT2D eigenvalue weighted by molar-refractivity contribution is 5.89. The molecule has 33 heavy (non-hydrogen) atoms. The molecule has 0 aliphatic carbocycles. The molecule has 1 heterocycles. The van der Waals surface area contributed by atoms with Crippen molar-refractivity contribution >= 4 is 11.9 Å². The van der Waals surface area contributed by atoms with Gasteiger partial charge in [-0.25, -0.2) is 9.59 Å². The van der Waals surface area contributed by atoms with Crippen LogP contribution in [0.4, 0.5) is 0 Å². The Morgan fingerprint density at radius 2 is 1.45 bits per heavy atom. The Morgan fingerprint density at radius 1 is 0.939 bits per heavy atom. The van der Waals surface area contributed by atoms with Crippen LogP contribution < -0.4 is 10.1 Å². The zero-order chi connectivity index (χ0) is 24.2. The molecule has 0 amide bonds. The maximum absolute atomic E-state index is 11.9. The van der Waals surface area contributed by atoms with E-state index in [1.54, 1.807) is 19.2 Å². The van der Waals surface area contributed by atoms with Crippen molar-refractivity contribution in [1.82, 2.24) is 5.32 Å². The Kier molecular flexibility index (Phi) is 7.67. The van der Waals surface area contributed by atoms with Crippen molar-refractivity contribution in [2.24, 2.45) is 0 Å². The number of aliphatic hydroxyl groups is 3. The molecule has 2 aromatic carbocycles. The zero-order valence-electron chi connectivity index (χ0n) is 18.4. The van der Waals surface area contributed by atoms with Gasteiger partial charge in [0.25, 0.3) is 5.79 Å². The molecule has 2 aromatic rings. The van der Waals surface area contributed by atoms with Crippen molar-refractivity contribution in [3.63, 3.8) is 0 Å². The van der Waals surface area contributed by atoms with Gasteiger partial charge in [0.05, 0.1) is 32.0 Å². The topological polar surface area (TPSA) is 144 Å². The average Bonchev–Trinajstić information content (AvgIpc) is 2.85. The zero-order valence-corrected chi connectivity index (χ0v) is 18.4. The summed E-state index contributed by atoms with van der Waals surface area (Å²) >= 11 is 0. The van der Waals surface area contributed by atoms with Gasteiger partial charge in [0.1, 0.15) is 30.1 Å². The number of hydrogen-bond donors (Lipinski definition) is 4. The van der Waals surface area contributed by atoms with Crippen LogP contribution in [0.5, 0.6) is 5.75 Å². The molecule has 0 saturated carbocycles. The fourth-order valence-electron chi connectivity index (χ4n) is 3.82. The van der Waals surface area contributed by atoms with Crippen molar-refractivity contribution in [2.45, 2.75) is 30.1 Å². The Hall–Kier alpha value is -3.02. The molecule has 1 saturated heterocycles. The number of likely N-dealkylation sites (N-methyl/N-ethyl adjacent to an activating group) is 1. The molecule has 1 fully saturated rings. The van der Waals surface area contributed by atoms with E-state index in [9.17, 15) is 24.9 Å². The van der Waals surface area contributed by atoms with Crippen LogP contribution in [-0.4, -0.2) is 79.5 Å². The van der Waals surface area contributed by atoms with Gasteiger partial charge in [-0.15, -0.1) is 0 Å². The third-order valence-electron chi connectivity index (χ3n) is 5.55. The summed E-state index contributed by atoms with van der Waals surface area (Å²) in [5.41, 5.74) is 0.991. The summed E-state index contributed by atoms with van der Waals surface area (Å²) in [6.07, 6.45) is -3.94. The maximum Gasteiger partial charge on any atom is 0.337 e. The summed E-state index contributed by atoms with van der Waals surface area (Å²) in [6, 6.07) is 11.2. The maximum atomic E-state index is 11.9. The number of hydrogen-bond acceptors (Lipinski definition) is 10. The van der Waals surface area contributed by atoms with Crippen LogP contribution in [0.25, 0.3) is 0 Å². The Morgan fingerprint density at radius 3 is 1.91 bits per heavy atom. The van der Waals surface area contributed by atoms with Crippen LogP contribution in [0.15, 0.2) is 48.5 Å². The van der Waals surface area contributed by atoms with Crippen molar-refractivity contribution in [2.75, 3.05) is 27.9 Å². The van der Waals surface area contributed by atoms with E-state index in [1.165, 1.54) is 50.6 Å². The number of nitrogens with one attached hydrogen (secondary N) is 1. The number of ether oxygens (including phenoxy) is 4. The third-order valence-corrected chi connectivity index (χ3v) is 5.55. The molecule has 0 spiro atoms. The van der Waals surface area contributed by atoms with Gasteiger partial charge in [0.2, 0.25) is 0 Å². The van der Waals surface area contributed by atoms with Gasteiger partial charge >= 0.3 is 11.9 Å². The number of benzene rings is 2. The van der Waals surface area contributed by atoms with Gasteiger partial charge in [0.15, 0.2) is 0 Å². The SMILES string of the molecule is CN[C@@H]1[C@@H](O)[C@H](O)[C@@H](CO)OC1(Oc1ccc(C(=O)OC)cc1)c1ccc(C(=O)OC)cc1. The summed E-state index contributed by atoms with van der Waals surface area (Å²) in [4.78, 5) is 23.6. The van der Waals surface area contributed by atoms with Crippen LogP contribution >= 0.6 is 0 Å². The fraction of sp³-hybridized carbons (Fsp3) is 0.391. The van der Waals surface area contributed by atoms with Crippen molar-refractivity contribution in [1.29, 1.82) is 0 Å². The van der Waals surface area contributed by atoms with E-state index in [4.69, 9.17) is 18.9 Å². The second kappa shape index (κ2) is 10.3. The number of carbonyl (C=O) groups is 2. The molecule has 1 aliphatic heterocycles. The highest BCUT2D eigenvalue weighted by Crippen LogP contribution is 2.40. The van der Waals surface area contributed by atoms with E-state index in [1.807, 2.05) is 0 Å². The number of rotatable bonds is 7. The average molecular weight is 461 g/mol. The molecule has 4 N–H and O–H groups in total. The normalized spacial score (nSPS) is 27.0. The molecular weight excluding hydrogens is 434 g/mol. The Balaban J connectivity index is 2.09. The Bertz CT molecular complexity index is 963. The summed E-state index contributed by atoms with van der Waals surface area (Å²) in [5, 5.41) is 33.9. The minimum Gasteiger partial charge on any atom is -0.465 e. The molecule has 1 unspecified atom stereocenters. The first kappa shape index (κ1) is 24.6. The first-order valence-electron chi connectivity index (χ1n) is 10.2. The van der Waals surface area contributed by atoms with E-state index in [0.29, 0.717) is 11.1 Å². The van der Waals surface area contributed by atoms with Crippen molar-refractivity contribution < 1.29 is 43.9 Å². The van der Waals surface area contributed by atoms with E-state index < -0.39 is 48.7 Å². The molecule has 5 atom stereocenters. The molecule has 10 nitrogen and oxygen atoms in total. The standard InChI is InChI=1S/C23H27NO9/c1-24-20-19(27)18(26)17(12-25)33-23(20,15-8-4-13(5-9-15)21(28)30-2)32-16-10-6-14(7-11-16)22(29)31-3/h4-11,17-20,24-27H,12H2,1-3H3/t17-,18-,19+,20-,23?/m1/s1. The highest BCUT2D eigenvalue weighted by Gasteiger charge is 2.56. The van der Waals surface area contributed by atoms with E-state index in [0.717, 1.165) is 0 Å². The Labute approximate surface area is 190 Å². The number of carbonyl (C=O) groups excluding carboxylic acids is 2. The van der Waals surface area contributed by atoms with Crippen LogP contribution in [0, 0.1) is 0 Å². The molecule has 0 radical (unpaired) electrons. The second-order valence-corrected chi connectivity index (χ2v) is 7.44. The van der Waals surface area contributed by atoms with E-state index in [-0.39, 0.29) is 11.3 Å². The lowest BCUT2D eigenvalue weighted by atomic mass is 9.85. The molecule has 178 valence electrons. The molecule has 1 aliphatic rings. The lowest BCUT2D eigenvalue weighted by Crippen LogP contribution is -2.69. The first-order valence-corrected chi connectivity index (χ1v) is 10.2. The number of aliphatic hydroxyl groups excluding tert-OH is 3. The van der Waals surface area contributed by atoms with Crippen LogP contribution in [0.3, 0.4) is 0 Å². The van der Waals surface area contributed by atoms with Gasteiger partial charge in [-0.1, -0.05) is 12.1 Å². The molecule has 3 rings (SSSR count). The first-order chi connectivity index (χ1) is 15.8. The molecule has 10 heteroatoms. The van der Waals surface area contributed by atoms with E-state index in [2.05, 4.69) is 5.32 Å². The van der Waals surface area contributed by atoms with Crippen molar-refractivity contribution in [3.8, 4) is 5.75 Å². The van der Waals surface area contributed by atoms with Crippen molar-refractivity contribution in [3.05, 3.63) is 65.2 Å². The smallest absolute Gasteiger partial charge is 0.337 e. The summed E-state index contributed by atoms with van der Waals surface area (Å²) in [7, 11) is 4.10.